The van der Waals surface area contributed by atoms with Gasteiger partial charge in [-0.2, -0.15) is 4.98 Å². The summed E-state index contributed by atoms with van der Waals surface area (Å²) in [5.41, 5.74) is 2.70. The smallest absolute Gasteiger partial charge is 0.338 e. The molecule has 1 aliphatic rings. The number of ether oxygens (including phenoxy) is 4. The van der Waals surface area contributed by atoms with Crippen LogP contribution in [0.2, 0.25) is 5.02 Å². The summed E-state index contributed by atoms with van der Waals surface area (Å²) in [5, 5.41) is 9.16. The van der Waals surface area contributed by atoms with Crippen LogP contribution in [0, 0.1) is 0 Å². The van der Waals surface area contributed by atoms with Crippen LogP contribution in [0.1, 0.15) is 31.0 Å². The van der Waals surface area contributed by atoms with Crippen LogP contribution < -0.4 is 19.5 Å². The number of carbonyl (C=O) groups is 1. The van der Waals surface area contributed by atoms with Crippen LogP contribution in [0.5, 0.6) is 17.2 Å². The van der Waals surface area contributed by atoms with Crippen LogP contribution >= 0.6 is 23.4 Å². The maximum Gasteiger partial charge on any atom is 0.338 e. The average Bonchev–Trinajstić information content (AvgIpc) is 3.28. The molecule has 2 aromatic carbocycles. The van der Waals surface area contributed by atoms with E-state index < -0.39 is 12.0 Å². The highest BCUT2D eigenvalue weighted by Gasteiger charge is 2.36. The van der Waals surface area contributed by atoms with E-state index in [2.05, 4.69) is 10.3 Å². The van der Waals surface area contributed by atoms with Crippen molar-refractivity contribution in [3.8, 4) is 17.2 Å². The van der Waals surface area contributed by atoms with Gasteiger partial charge in [0.25, 0.3) is 0 Å². The summed E-state index contributed by atoms with van der Waals surface area (Å²) < 4.78 is 23.7. The molecular weight excluding hydrogens is 504 g/mol. The van der Waals surface area contributed by atoms with Crippen molar-refractivity contribution in [3.05, 3.63) is 63.8 Å². The molecule has 0 saturated carbocycles. The van der Waals surface area contributed by atoms with Gasteiger partial charge in [-0.15, -0.1) is 5.10 Å². The fourth-order valence-corrected chi connectivity index (χ4v) is 5.11. The number of rotatable bonds is 9. The minimum atomic E-state index is -0.642. The van der Waals surface area contributed by atoms with Crippen molar-refractivity contribution < 1.29 is 23.7 Å². The first-order valence-electron chi connectivity index (χ1n) is 11.2. The highest BCUT2D eigenvalue weighted by molar-refractivity contribution is 7.98. The number of hydrogen-bond donors (Lipinski definition) is 1. The Morgan fingerprint density at radius 2 is 1.83 bits per heavy atom. The Bertz CT molecular complexity index is 1280. The third-order valence-corrected chi connectivity index (χ3v) is 6.90. The van der Waals surface area contributed by atoms with Crippen LogP contribution in [-0.4, -0.2) is 48.7 Å². The number of halogens is 1. The first-order chi connectivity index (χ1) is 17.4. The molecule has 4 rings (SSSR count). The largest absolute Gasteiger partial charge is 0.493 e. The van der Waals surface area contributed by atoms with E-state index in [-0.39, 0.29) is 6.61 Å². The van der Waals surface area contributed by atoms with E-state index in [1.165, 1.54) is 18.9 Å². The summed E-state index contributed by atoms with van der Waals surface area (Å²) in [7, 11) is 4.62. The average molecular weight is 531 g/mol. The van der Waals surface area contributed by atoms with Gasteiger partial charge in [0.15, 0.2) is 11.5 Å². The lowest BCUT2D eigenvalue weighted by Crippen LogP contribution is -2.29. The standard InChI is InChI=1S/C25H27ClN4O5S/c1-6-35-23(31)20-14(2)27-24-28-25(36-13-15-9-7-8-10-17(15)26)29-30(24)21(20)16-11-18(32-3)22(34-5)19(12-16)33-4/h7-12,21H,6,13H2,1-5H3,(H,27,28,29). The van der Waals surface area contributed by atoms with Crippen LogP contribution in [0.25, 0.3) is 0 Å². The fraction of sp³-hybridized carbons (Fsp3) is 0.320. The Hall–Kier alpha value is -3.37. The zero-order valence-corrected chi connectivity index (χ0v) is 22.2. The molecule has 2 heterocycles. The van der Waals surface area contributed by atoms with Crippen LogP contribution in [0.4, 0.5) is 5.95 Å². The van der Waals surface area contributed by atoms with Gasteiger partial charge < -0.3 is 24.3 Å². The molecule has 1 N–H and O–H groups in total. The highest BCUT2D eigenvalue weighted by atomic mass is 35.5. The van der Waals surface area contributed by atoms with Gasteiger partial charge in [0.2, 0.25) is 16.9 Å². The molecule has 0 saturated heterocycles. The van der Waals surface area contributed by atoms with Crippen LogP contribution in [-0.2, 0) is 15.3 Å². The van der Waals surface area contributed by atoms with Gasteiger partial charge in [0.05, 0.1) is 33.5 Å². The molecule has 36 heavy (non-hydrogen) atoms. The highest BCUT2D eigenvalue weighted by Crippen LogP contribution is 2.44. The van der Waals surface area contributed by atoms with E-state index in [0.29, 0.717) is 56.0 Å². The van der Waals surface area contributed by atoms with E-state index in [4.69, 9.17) is 35.6 Å². The maximum atomic E-state index is 13.1. The van der Waals surface area contributed by atoms with Gasteiger partial charge in [-0.3, -0.25) is 0 Å². The summed E-state index contributed by atoms with van der Waals surface area (Å²) in [5.74, 6) is 2.01. The summed E-state index contributed by atoms with van der Waals surface area (Å²) in [6.45, 7) is 3.82. The fourth-order valence-electron chi connectivity index (χ4n) is 3.99. The maximum absolute atomic E-state index is 13.1. The number of thioether (sulfide) groups is 1. The second-order valence-electron chi connectivity index (χ2n) is 7.79. The molecule has 0 radical (unpaired) electrons. The van der Waals surface area contributed by atoms with E-state index >= 15 is 0 Å². The minimum Gasteiger partial charge on any atom is -0.493 e. The first kappa shape index (κ1) is 25.7. The Labute approximate surface area is 218 Å². The molecule has 0 amide bonds. The van der Waals surface area contributed by atoms with Gasteiger partial charge >= 0.3 is 5.97 Å². The summed E-state index contributed by atoms with van der Waals surface area (Å²) in [6.07, 6.45) is 0. The predicted molar refractivity (Wildman–Crippen MR) is 138 cm³/mol. The number of fused-ring (bicyclic) bond motifs is 1. The Morgan fingerprint density at radius 3 is 2.44 bits per heavy atom. The second-order valence-corrected chi connectivity index (χ2v) is 9.14. The lowest BCUT2D eigenvalue weighted by Gasteiger charge is -2.28. The van der Waals surface area contributed by atoms with Gasteiger partial charge in [-0.05, 0) is 43.2 Å². The molecule has 9 nitrogen and oxygen atoms in total. The quantitative estimate of drug-likeness (QED) is 0.299. The first-order valence-corrected chi connectivity index (χ1v) is 12.6. The van der Waals surface area contributed by atoms with Crippen molar-refractivity contribution >= 4 is 35.3 Å². The number of anilines is 1. The molecule has 1 atom stereocenters. The number of aromatic nitrogens is 3. The molecular formula is C25H27ClN4O5S. The summed E-state index contributed by atoms with van der Waals surface area (Å²) in [4.78, 5) is 17.8. The topological polar surface area (TPSA) is 96.7 Å². The zero-order chi connectivity index (χ0) is 25.8. The molecule has 11 heteroatoms. The molecule has 1 aliphatic heterocycles. The van der Waals surface area contributed by atoms with Gasteiger partial charge in [0, 0.05) is 16.5 Å². The number of esters is 1. The van der Waals surface area contributed by atoms with Crippen molar-refractivity contribution in [2.24, 2.45) is 0 Å². The van der Waals surface area contributed by atoms with E-state index in [9.17, 15) is 4.79 Å². The summed E-state index contributed by atoms with van der Waals surface area (Å²) in [6, 6.07) is 10.6. The van der Waals surface area contributed by atoms with Crippen molar-refractivity contribution in [2.75, 3.05) is 33.3 Å². The van der Waals surface area contributed by atoms with Crippen LogP contribution in [0.15, 0.2) is 52.8 Å². The zero-order valence-electron chi connectivity index (χ0n) is 20.6. The molecule has 0 spiro atoms. The molecule has 0 aliphatic carbocycles. The normalized spacial score (nSPS) is 14.7. The molecule has 190 valence electrons. The molecule has 1 unspecified atom stereocenters. The number of hydrogen-bond acceptors (Lipinski definition) is 9. The van der Waals surface area contributed by atoms with E-state index in [0.717, 1.165) is 5.56 Å². The van der Waals surface area contributed by atoms with Gasteiger partial charge in [0.1, 0.15) is 6.04 Å². The Balaban J connectivity index is 1.80. The third kappa shape index (κ3) is 4.96. The number of allylic oxidation sites excluding steroid dienone is 1. The van der Waals surface area contributed by atoms with Crippen molar-refractivity contribution in [3.63, 3.8) is 0 Å². The number of nitrogens with one attached hydrogen (secondary N) is 1. The molecule has 1 aromatic heterocycles. The monoisotopic (exact) mass is 530 g/mol. The van der Waals surface area contributed by atoms with Crippen molar-refractivity contribution in [1.82, 2.24) is 14.8 Å². The van der Waals surface area contributed by atoms with Gasteiger partial charge in [-0.1, -0.05) is 41.6 Å². The van der Waals surface area contributed by atoms with E-state index in [1.54, 1.807) is 38.0 Å². The minimum absolute atomic E-state index is 0.237. The third-order valence-electron chi connectivity index (χ3n) is 5.65. The van der Waals surface area contributed by atoms with Crippen molar-refractivity contribution in [2.45, 2.75) is 30.8 Å². The summed E-state index contributed by atoms with van der Waals surface area (Å²) >= 11 is 7.76. The molecule has 3 aromatic rings. The van der Waals surface area contributed by atoms with E-state index in [1.807, 2.05) is 31.2 Å². The van der Waals surface area contributed by atoms with Crippen LogP contribution in [0.3, 0.4) is 0 Å². The predicted octanol–water partition coefficient (Wildman–Crippen LogP) is 5.10. The second kappa shape index (κ2) is 11.1. The van der Waals surface area contributed by atoms with Gasteiger partial charge in [-0.25, -0.2) is 9.48 Å². The SMILES string of the molecule is CCOC(=O)C1=C(C)Nc2nc(SCc3ccccc3Cl)nn2C1c1cc(OC)c(OC)c(OC)c1. The van der Waals surface area contributed by atoms with Crippen molar-refractivity contribution in [1.29, 1.82) is 0 Å². The Morgan fingerprint density at radius 1 is 1.14 bits per heavy atom. The number of benzene rings is 2. The number of methoxy groups -OCH3 is 3. The lowest BCUT2D eigenvalue weighted by atomic mass is 9.95. The lowest BCUT2D eigenvalue weighted by molar-refractivity contribution is -0.139. The number of nitrogens with zero attached hydrogens (tertiary/aromatic N) is 3. The Kier molecular flexibility index (Phi) is 7.95. The molecule has 0 bridgehead atoms. The number of carbonyl (C=O) groups excluding carboxylic acids is 1. The molecule has 0 fully saturated rings.